The summed E-state index contributed by atoms with van der Waals surface area (Å²) in [4.78, 5) is 0. The fourth-order valence-corrected chi connectivity index (χ4v) is 4.11. The molecule has 0 radical (unpaired) electrons. The highest BCUT2D eigenvalue weighted by Gasteiger charge is 2.14. The van der Waals surface area contributed by atoms with Gasteiger partial charge in [0.25, 0.3) is 0 Å². The van der Waals surface area contributed by atoms with Crippen LogP contribution in [0.25, 0.3) is 0 Å². The second kappa shape index (κ2) is 8.06. The van der Waals surface area contributed by atoms with E-state index in [0.29, 0.717) is 0 Å². The minimum absolute atomic E-state index is 0.768. The second-order valence-corrected chi connectivity index (χ2v) is 7.67. The molecule has 0 saturated heterocycles. The van der Waals surface area contributed by atoms with Crippen LogP contribution in [-0.2, 0) is 20.1 Å². The molecule has 0 spiro atoms. The molecule has 4 nitrogen and oxygen atoms in total. The summed E-state index contributed by atoms with van der Waals surface area (Å²) in [5, 5.41) is 3.55. The maximum absolute atomic E-state index is 5.39. The number of rotatable bonds is 6. The van der Waals surface area contributed by atoms with Crippen LogP contribution in [0, 0.1) is 21.0 Å². The van der Waals surface area contributed by atoms with Crippen LogP contribution in [0.1, 0.15) is 22.5 Å². The van der Waals surface area contributed by atoms with Gasteiger partial charge in [0, 0.05) is 44.2 Å². The SMILES string of the molecule is COc1cc(I)c(CNCc2c(I)c(C)n(C)c2C)cc1OC. The summed E-state index contributed by atoms with van der Waals surface area (Å²) < 4.78 is 15.5. The number of hydrogen-bond acceptors (Lipinski definition) is 3. The maximum atomic E-state index is 5.39. The Bertz CT molecular complexity index is 686. The number of hydrogen-bond donors (Lipinski definition) is 1. The van der Waals surface area contributed by atoms with Crippen LogP contribution in [0.4, 0.5) is 0 Å². The molecule has 0 atom stereocenters. The first kappa shape index (κ1) is 18.9. The van der Waals surface area contributed by atoms with Crippen molar-refractivity contribution in [3.8, 4) is 11.5 Å². The van der Waals surface area contributed by atoms with Crippen molar-refractivity contribution < 1.29 is 9.47 Å². The maximum Gasteiger partial charge on any atom is 0.161 e. The van der Waals surface area contributed by atoms with E-state index in [1.165, 1.54) is 29.7 Å². The first-order valence-corrected chi connectivity index (χ1v) is 9.47. The molecule has 1 aromatic heterocycles. The molecule has 23 heavy (non-hydrogen) atoms. The normalized spacial score (nSPS) is 10.9. The molecular weight excluding hydrogens is 518 g/mol. The minimum atomic E-state index is 0.768. The van der Waals surface area contributed by atoms with Gasteiger partial charge in [0.1, 0.15) is 0 Å². The molecular formula is C17H22I2N2O2. The topological polar surface area (TPSA) is 35.4 Å². The van der Waals surface area contributed by atoms with Crippen molar-refractivity contribution in [2.75, 3.05) is 14.2 Å². The van der Waals surface area contributed by atoms with E-state index in [1.54, 1.807) is 14.2 Å². The molecule has 1 N–H and O–H groups in total. The van der Waals surface area contributed by atoms with Gasteiger partial charge in [-0.05, 0) is 76.7 Å². The fourth-order valence-electron chi connectivity index (χ4n) is 2.54. The summed E-state index contributed by atoms with van der Waals surface area (Å²) in [5.74, 6) is 1.54. The number of nitrogens with zero attached hydrogens (tertiary/aromatic N) is 1. The number of methoxy groups -OCH3 is 2. The average molecular weight is 540 g/mol. The zero-order valence-electron chi connectivity index (χ0n) is 14.1. The summed E-state index contributed by atoms with van der Waals surface area (Å²) in [5.41, 5.74) is 5.23. The fraction of sp³-hybridized carbons (Fsp3) is 0.412. The van der Waals surface area contributed by atoms with Gasteiger partial charge in [0.2, 0.25) is 0 Å². The molecule has 126 valence electrons. The monoisotopic (exact) mass is 540 g/mol. The summed E-state index contributed by atoms with van der Waals surface area (Å²) in [6.07, 6.45) is 0. The summed E-state index contributed by atoms with van der Waals surface area (Å²) in [7, 11) is 5.45. The van der Waals surface area contributed by atoms with Gasteiger partial charge in [-0.1, -0.05) is 0 Å². The molecule has 0 saturated carbocycles. The predicted molar refractivity (Wildman–Crippen MR) is 110 cm³/mol. The zero-order valence-corrected chi connectivity index (χ0v) is 18.4. The largest absolute Gasteiger partial charge is 0.493 e. The Morgan fingerprint density at radius 3 is 2.13 bits per heavy atom. The van der Waals surface area contributed by atoms with E-state index in [2.05, 4.69) is 76.0 Å². The molecule has 2 rings (SSSR count). The van der Waals surface area contributed by atoms with Crippen LogP contribution < -0.4 is 14.8 Å². The average Bonchev–Trinajstić information content (AvgIpc) is 2.73. The van der Waals surface area contributed by atoms with E-state index in [9.17, 15) is 0 Å². The van der Waals surface area contributed by atoms with Crippen LogP contribution >= 0.6 is 45.2 Å². The number of nitrogens with one attached hydrogen (secondary N) is 1. The summed E-state index contributed by atoms with van der Waals surface area (Å²) in [6.45, 7) is 5.99. The molecule has 0 bridgehead atoms. The van der Waals surface area contributed by atoms with Gasteiger partial charge < -0.3 is 19.4 Å². The van der Waals surface area contributed by atoms with Crippen molar-refractivity contribution in [3.05, 3.63) is 41.8 Å². The lowest BCUT2D eigenvalue weighted by Crippen LogP contribution is -2.15. The summed E-state index contributed by atoms with van der Waals surface area (Å²) >= 11 is 4.77. The van der Waals surface area contributed by atoms with Gasteiger partial charge in [0.05, 0.1) is 14.2 Å². The van der Waals surface area contributed by atoms with Crippen LogP contribution in [-0.4, -0.2) is 18.8 Å². The van der Waals surface area contributed by atoms with E-state index in [-0.39, 0.29) is 0 Å². The molecule has 0 aliphatic carbocycles. The Morgan fingerprint density at radius 1 is 1.00 bits per heavy atom. The van der Waals surface area contributed by atoms with Crippen LogP contribution in [0.3, 0.4) is 0 Å². The highest BCUT2D eigenvalue weighted by atomic mass is 127. The van der Waals surface area contributed by atoms with Gasteiger partial charge in [-0.15, -0.1) is 0 Å². The third-order valence-electron chi connectivity index (χ3n) is 4.20. The Kier molecular flexibility index (Phi) is 6.61. The number of aromatic nitrogens is 1. The molecule has 0 aliphatic heterocycles. The molecule has 6 heteroatoms. The van der Waals surface area contributed by atoms with Crippen molar-refractivity contribution in [3.63, 3.8) is 0 Å². The first-order valence-electron chi connectivity index (χ1n) is 7.32. The molecule has 0 fully saturated rings. The number of ether oxygens (including phenoxy) is 2. The predicted octanol–water partition coefficient (Wildman–Crippen LogP) is 4.16. The molecule has 2 aromatic rings. The van der Waals surface area contributed by atoms with E-state index in [4.69, 9.17) is 9.47 Å². The highest BCUT2D eigenvalue weighted by Crippen LogP contribution is 2.31. The van der Waals surface area contributed by atoms with Gasteiger partial charge in [-0.2, -0.15) is 0 Å². The third-order valence-corrected chi connectivity index (χ3v) is 6.63. The van der Waals surface area contributed by atoms with E-state index in [0.717, 1.165) is 24.6 Å². The second-order valence-electron chi connectivity index (χ2n) is 5.42. The Balaban J connectivity index is 2.12. The quantitative estimate of drug-likeness (QED) is 0.560. The summed E-state index contributed by atoms with van der Waals surface area (Å²) in [6, 6.07) is 4.06. The first-order chi connectivity index (χ1) is 10.9. The van der Waals surface area contributed by atoms with Gasteiger partial charge in [-0.3, -0.25) is 0 Å². The van der Waals surface area contributed by atoms with E-state index >= 15 is 0 Å². The van der Waals surface area contributed by atoms with Crippen molar-refractivity contribution in [2.24, 2.45) is 7.05 Å². The van der Waals surface area contributed by atoms with Crippen molar-refractivity contribution in [1.29, 1.82) is 0 Å². The lowest BCUT2D eigenvalue weighted by Gasteiger charge is -2.13. The van der Waals surface area contributed by atoms with Crippen LogP contribution in [0.5, 0.6) is 11.5 Å². The standard InChI is InChI=1S/C17H22I2N2O2/c1-10-13(17(19)11(2)21(10)3)9-20-8-12-6-15(22-4)16(23-5)7-14(12)18/h6-7,20H,8-9H2,1-5H3. The lowest BCUT2D eigenvalue weighted by molar-refractivity contribution is 0.354. The molecule has 0 amide bonds. The smallest absolute Gasteiger partial charge is 0.161 e. The number of halogens is 2. The van der Waals surface area contributed by atoms with E-state index < -0.39 is 0 Å². The Morgan fingerprint density at radius 2 is 1.61 bits per heavy atom. The van der Waals surface area contributed by atoms with Crippen LogP contribution in [0.2, 0.25) is 0 Å². The number of benzene rings is 1. The molecule has 1 aromatic carbocycles. The zero-order chi connectivity index (χ0) is 17.1. The molecule has 1 heterocycles. The van der Waals surface area contributed by atoms with E-state index in [1.807, 2.05) is 12.1 Å². The third kappa shape index (κ3) is 3.96. The van der Waals surface area contributed by atoms with Crippen molar-refractivity contribution >= 4 is 45.2 Å². The van der Waals surface area contributed by atoms with Gasteiger partial charge >= 0.3 is 0 Å². The Hall–Kier alpha value is -0.480. The van der Waals surface area contributed by atoms with Gasteiger partial charge in [0.15, 0.2) is 11.5 Å². The lowest BCUT2D eigenvalue weighted by atomic mass is 10.2. The van der Waals surface area contributed by atoms with Crippen molar-refractivity contribution in [1.82, 2.24) is 9.88 Å². The van der Waals surface area contributed by atoms with Gasteiger partial charge in [-0.25, -0.2) is 0 Å². The molecule has 0 unspecified atom stereocenters. The molecule has 0 aliphatic rings. The minimum Gasteiger partial charge on any atom is -0.493 e. The van der Waals surface area contributed by atoms with Crippen LogP contribution in [0.15, 0.2) is 12.1 Å². The highest BCUT2D eigenvalue weighted by molar-refractivity contribution is 14.1. The van der Waals surface area contributed by atoms with Crippen molar-refractivity contribution in [2.45, 2.75) is 26.9 Å². The Labute approximate surface area is 165 Å².